The summed E-state index contributed by atoms with van der Waals surface area (Å²) in [5, 5.41) is 1.24. The summed E-state index contributed by atoms with van der Waals surface area (Å²) in [5.74, 6) is 3.38. The third-order valence-electron chi connectivity index (χ3n) is 3.62. The predicted molar refractivity (Wildman–Crippen MR) is 95.2 cm³/mol. The highest BCUT2D eigenvalue weighted by atomic mass is 79.9. The van der Waals surface area contributed by atoms with Crippen LogP contribution in [0.1, 0.15) is 18.9 Å². The van der Waals surface area contributed by atoms with Gasteiger partial charge in [0.1, 0.15) is 5.75 Å². The largest absolute Gasteiger partial charge is 0.497 e. The molecule has 112 valence electrons. The van der Waals surface area contributed by atoms with Gasteiger partial charge in [-0.2, -0.15) is 23.5 Å². The van der Waals surface area contributed by atoms with Crippen LogP contribution >= 0.6 is 39.5 Å². The highest BCUT2D eigenvalue weighted by Gasteiger charge is 2.30. The lowest BCUT2D eigenvalue weighted by atomic mass is 10.0. The van der Waals surface area contributed by atoms with E-state index < -0.39 is 0 Å². The van der Waals surface area contributed by atoms with Crippen LogP contribution in [0.2, 0.25) is 0 Å². The van der Waals surface area contributed by atoms with Gasteiger partial charge in [-0.05, 0) is 36.6 Å². The van der Waals surface area contributed by atoms with Crippen molar-refractivity contribution in [2.75, 3.05) is 18.6 Å². The maximum Gasteiger partial charge on any atom is 0.119 e. The van der Waals surface area contributed by atoms with Crippen LogP contribution in [-0.4, -0.2) is 35.2 Å². The van der Waals surface area contributed by atoms with Crippen LogP contribution in [0.15, 0.2) is 22.7 Å². The van der Waals surface area contributed by atoms with Gasteiger partial charge < -0.3 is 10.5 Å². The molecule has 3 unspecified atom stereocenters. The van der Waals surface area contributed by atoms with E-state index in [1.54, 1.807) is 7.11 Å². The van der Waals surface area contributed by atoms with Gasteiger partial charge in [0, 0.05) is 32.5 Å². The molecule has 0 radical (unpaired) electrons. The van der Waals surface area contributed by atoms with E-state index in [1.807, 2.05) is 23.9 Å². The zero-order valence-electron chi connectivity index (χ0n) is 12.0. The van der Waals surface area contributed by atoms with Crippen LogP contribution in [-0.2, 0) is 6.42 Å². The van der Waals surface area contributed by atoms with E-state index in [0.717, 1.165) is 16.6 Å². The number of thioether (sulfide) groups is 2. The minimum atomic E-state index is 0.196. The Labute approximate surface area is 138 Å². The number of benzene rings is 1. The van der Waals surface area contributed by atoms with E-state index in [9.17, 15) is 0 Å². The average molecular weight is 376 g/mol. The van der Waals surface area contributed by atoms with Crippen molar-refractivity contribution in [1.82, 2.24) is 0 Å². The first-order chi connectivity index (χ1) is 9.65. The van der Waals surface area contributed by atoms with Crippen molar-refractivity contribution >= 4 is 39.5 Å². The Hall–Kier alpha value is 0.160. The van der Waals surface area contributed by atoms with E-state index in [0.29, 0.717) is 10.5 Å². The van der Waals surface area contributed by atoms with Crippen molar-refractivity contribution in [3.63, 3.8) is 0 Å². The molecule has 1 aliphatic rings. The van der Waals surface area contributed by atoms with Crippen molar-refractivity contribution in [2.24, 2.45) is 5.73 Å². The van der Waals surface area contributed by atoms with Gasteiger partial charge in [0.25, 0.3) is 0 Å². The van der Waals surface area contributed by atoms with Crippen LogP contribution < -0.4 is 10.5 Å². The van der Waals surface area contributed by atoms with Crippen LogP contribution in [0.3, 0.4) is 0 Å². The molecule has 0 spiro atoms. The zero-order valence-corrected chi connectivity index (χ0v) is 15.2. The van der Waals surface area contributed by atoms with Crippen LogP contribution in [0, 0.1) is 0 Å². The molecule has 2 nitrogen and oxygen atoms in total. The van der Waals surface area contributed by atoms with Crippen LogP contribution in [0.5, 0.6) is 5.75 Å². The molecule has 2 rings (SSSR count). The molecule has 0 aromatic heterocycles. The second-order valence-electron chi connectivity index (χ2n) is 4.98. The molecule has 2 N–H and O–H groups in total. The molecular weight excluding hydrogens is 354 g/mol. The fourth-order valence-electron chi connectivity index (χ4n) is 2.54. The predicted octanol–water partition coefficient (Wildman–Crippen LogP) is 3.95. The fourth-order valence-corrected chi connectivity index (χ4v) is 6.14. The molecule has 1 fully saturated rings. The van der Waals surface area contributed by atoms with E-state index >= 15 is 0 Å². The molecule has 0 amide bonds. The van der Waals surface area contributed by atoms with E-state index in [4.69, 9.17) is 10.5 Å². The fraction of sp³-hybridized carbons (Fsp3) is 0.600. The Morgan fingerprint density at radius 2 is 2.15 bits per heavy atom. The molecule has 20 heavy (non-hydrogen) atoms. The van der Waals surface area contributed by atoms with Gasteiger partial charge in [0.05, 0.1) is 7.11 Å². The summed E-state index contributed by atoms with van der Waals surface area (Å²) in [5.41, 5.74) is 7.75. The molecule has 3 atom stereocenters. The van der Waals surface area contributed by atoms with Crippen molar-refractivity contribution in [3.05, 3.63) is 28.2 Å². The Morgan fingerprint density at radius 1 is 1.40 bits per heavy atom. The second-order valence-corrected chi connectivity index (χ2v) is 8.47. The standard InChI is InChI=1S/C15H22BrNOS2/c1-3-14-15(20-7-6-19-14)13(17)9-10-8-11(18-2)4-5-12(10)16/h4-5,8,13-15H,3,6-7,9,17H2,1-2H3. The third kappa shape index (κ3) is 4.09. The summed E-state index contributed by atoms with van der Waals surface area (Å²) in [6, 6.07) is 6.30. The number of halogens is 1. The average Bonchev–Trinajstić information content (AvgIpc) is 2.49. The number of ether oxygens (including phenoxy) is 1. The lowest BCUT2D eigenvalue weighted by Gasteiger charge is -2.34. The molecule has 0 bridgehead atoms. The SMILES string of the molecule is CCC1SCCSC1C(N)Cc1cc(OC)ccc1Br. The molecule has 1 heterocycles. The van der Waals surface area contributed by atoms with E-state index in [2.05, 4.69) is 40.7 Å². The quantitative estimate of drug-likeness (QED) is 0.844. The molecule has 1 aromatic rings. The Balaban J connectivity index is 2.08. The van der Waals surface area contributed by atoms with Gasteiger partial charge in [-0.3, -0.25) is 0 Å². The monoisotopic (exact) mass is 375 g/mol. The van der Waals surface area contributed by atoms with Gasteiger partial charge in [-0.15, -0.1) is 0 Å². The summed E-state index contributed by atoms with van der Waals surface area (Å²) < 4.78 is 6.43. The number of methoxy groups -OCH3 is 1. The highest BCUT2D eigenvalue weighted by Crippen LogP contribution is 2.36. The highest BCUT2D eigenvalue weighted by molar-refractivity contribution is 9.10. The van der Waals surface area contributed by atoms with Gasteiger partial charge >= 0.3 is 0 Å². The molecule has 0 aliphatic carbocycles. The van der Waals surface area contributed by atoms with E-state index in [1.165, 1.54) is 23.5 Å². The molecular formula is C15H22BrNOS2. The minimum Gasteiger partial charge on any atom is -0.497 e. The van der Waals surface area contributed by atoms with Crippen LogP contribution in [0.4, 0.5) is 0 Å². The van der Waals surface area contributed by atoms with Gasteiger partial charge in [-0.25, -0.2) is 0 Å². The number of hydrogen-bond acceptors (Lipinski definition) is 4. The third-order valence-corrected chi connectivity index (χ3v) is 7.83. The van der Waals surface area contributed by atoms with Crippen molar-refractivity contribution in [2.45, 2.75) is 36.3 Å². The molecule has 1 aromatic carbocycles. The van der Waals surface area contributed by atoms with Gasteiger partial charge in [0.15, 0.2) is 0 Å². The first kappa shape index (κ1) is 16.5. The summed E-state index contributed by atoms with van der Waals surface area (Å²) in [7, 11) is 1.70. The summed E-state index contributed by atoms with van der Waals surface area (Å²) in [6.07, 6.45) is 2.10. The zero-order chi connectivity index (χ0) is 14.5. The summed E-state index contributed by atoms with van der Waals surface area (Å²) in [4.78, 5) is 0. The van der Waals surface area contributed by atoms with Gasteiger partial charge in [0.2, 0.25) is 0 Å². The van der Waals surface area contributed by atoms with Crippen molar-refractivity contribution < 1.29 is 4.74 Å². The number of hydrogen-bond donors (Lipinski definition) is 1. The minimum absolute atomic E-state index is 0.196. The van der Waals surface area contributed by atoms with Gasteiger partial charge in [-0.1, -0.05) is 22.9 Å². The Morgan fingerprint density at radius 3 is 2.85 bits per heavy atom. The second kappa shape index (κ2) is 7.97. The topological polar surface area (TPSA) is 35.2 Å². The molecule has 0 saturated carbocycles. The number of rotatable bonds is 5. The van der Waals surface area contributed by atoms with Crippen molar-refractivity contribution in [3.8, 4) is 5.75 Å². The Kier molecular flexibility index (Phi) is 6.59. The molecule has 1 saturated heterocycles. The normalized spacial score (nSPS) is 24.4. The molecule has 5 heteroatoms. The Bertz CT molecular complexity index is 444. The number of nitrogens with two attached hydrogens (primary N) is 1. The van der Waals surface area contributed by atoms with E-state index in [-0.39, 0.29) is 6.04 Å². The first-order valence-electron chi connectivity index (χ1n) is 6.97. The summed E-state index contributed by atoms with van der Waals surface area (Å²) in [6.45, 7) is 2.27. The molecule has 1 aliphatic heterocycles. The summed E-state index contributed by atoms with van der Waals surface area (Å²) >= 11 is 7.75. The van der Waals surface area contributed by atoms with Crippen molar-refractivity contribution in [1.29, 1.82) is 0 Å². The maximum absolute atomic E-state index is 6.51. The smallest absolute Gasteiger partial charge is 0.119 e. The maximum atomic E-state index is 6.51. The van der Waals surface area contributed by atoms with Crippen LogP contribution in [0.25, 0.3) is 0 Å². The first-order valence-corrected chi connectivity index (χ1v) is 9.86. The lowest BCUT2D eigenvalue weighted by Crippen LogP contribution is -2.43. The lowest BCUT2D eigenvalue weighted by molar-refractivity contribution is 0.414.